The molecule has 1 heterocycles. The van der Waals surface area contributed by atoms with Gasteiger partial charge >= 0.3 is 0 Å². The number of nitrogens with one attached hydrogen (secondary N) is 1. The highest BCUT2D eigenvalue weighted by Gasteiger charge is 2.20. The van der Waals surface area contributed by atoms with E-state index in [0.29, 0.717) is 33.2 Å². The molecule has 0 aliphatic heterocycles. The molecule has 1 aromatic heterocycles. The fourth-order valence-corrected chi connectivity index (χ4v) is 6.21. The van der Waals surface area contributed by atoms with Crippen LogP contribution in [0, 0.1) is 0 Å². The van der Waals surface area contributed by atoms with Crippen molar-refractivity contribution in [1.82, 2.24) is 9.88 Å². The zero-order chi connectivity index (χ0) is 29.5. The summed E-state index contributed by atoms with van der Waals surface area (Å²) in [6.07, 6.45) is 10.5. The smallest absolute Gasteiger partial charge is 0.213 e. The average Bonchev–Trinajstić information content (AvgIpc) is 3.40. The van der Waals surface area contributed by atoms with E-state index in [1.165, 1.54) is 67.5 Å². The lowest BCUT2D eigenvalue weighted by atomic mass is 9.88. The molecule has 1 saturated carbocycles. The maximum Gasteiger partial charge on any atom is 0.213 e. The van der Waals surface area contributed by atoms with Crippen molar-refractivity contribution >= 4 is 52.8 Å². The number of amides is 1. The number of aromatic nitrogens is 1. The molecule has 0 radical (unpaired) electrons. The highest BCUT2D eigenvalue weighted by molar-refractivity contribution is 7.79. The van der Waals surface area contributed by atoms with E-state index in [1.54, 1.807) is 18.4 Å². The van der Waals surface area contributed by atoms with Crippen molar-refractivity contribution in [3.8, 4) is 11.3 Å². The molecule has 218 valence electrons. The molecule has 5 nitrogen and oxygen atoms in total. The highest BCUT2D eigenvalue weighted by Crippen LogP contribution is 2.35. The first kappa shape index (κ1) is 32.7. The molecular weight excluding hydrogens is 568 g/mol. The normalized spacial score (nSPS) is 13.1. The molecule has 0 unspecified atom stereocenters. The molecule has 0 spiro atoms. The molecule has 4 aromatic rings. The molecule has 5 rings (SSSR count). The lowest BCUT2D eigenvalue weighted by Crippen LogP contribution is -2.34. The topological polar surface area (TPSA) is 71.2 Å². The minimum atomic E-state index is 0.479. The summed E-state index contributed by atoms with van der Waals surface area (Å²) in [5.74, 6) is 0.503. The number of nitrogen functional groups attached to an aromatic ring is 1. The molecule has 41 heavy (non-hydrogen) atoms. The Hall–Kier alpha value is -2.84. The van der Waals surface area contributed by atoms with Gasteiger partial charge in [0, 0.05) is 23.2 Å². The third-order valence-electron chi connectivity index (χ3n) is 7.32. The lowest BCUT2D eigenvalue weighted by Gasteiger charge is -2.32. The Morgan fingerprint density at radius 2 is 1.54 bits per heavy atom. The monoisotopic (exact) mass is 608 g/mol. The van der Waals surface area contributed by atoms with E-state index in [2.05, 4.69) is 95.5 Å². The predicted molar refractivity (Wildman–Crippen MR) is 180 cm³/mol. The molecule has 8 heteroatoms. The summed E-state index contributed by atoms with van der Waals surface area (Å²) in [5, 5.41) is 2.95. The second-order valence-corrected chi connectivity index (χ2v) is 11.6. The van der Waals surface area contributed by atoms with Crippen LogP contribution in [0.25, 0.3) is 11.3 Å². The molecule has 0 atom stereocenters. The second kappa shape index (κ2) is 17.9. The Morgan fingerprint density at radius 1 is 0.976 bits per heavy atom. The van der Waals surface area contributed by atoms with Crippen LogP contribution in [0.4, 0.5) is 10.8 Å². The van der Waals surface area contributed by atoms with Gasteiger partial charge in [-0.1, -0.05) is 115 Å². The number of halogens is 1. The zero-order valence-corrected chi connectivity index (χ0v) is 26.3. The van der Waals surface area contributed by atoms with Gasteiger partial charge < -0.3 is 16.0 Å². The van der Waals surface area contributed by atoms with Gasteiger partial charge in [0.05, 0.1) is 0 Å². The van der Waals surface area contributed by atoms with Crippen LogP contribution in [0.2, 0.25) is 4.34 Å². The van der Waals surface area contributed by atoms with Gasteiger partial charge in [0.2, 0.25) is 6.41 Å². The minimum Gasteiger partial charge on any atom is -0.399 e. The van der Waals surface area contributed by atoms with Crippen molar-refractivity contribution < 1.29 is 4.79 Å². The number of rotatable bonds is 9. The first-order chi connectivity index (χ1) is 20.0. The number of thiazole rings is 1. The highest BCUT2D eigenvalue weighted by atomic mass is 35.5. The molecule has 3 N–H and O–H groups in total. The van der Waals surface area contributed by atoms with Gasteiger partial charge in [-0.25, -0.2) is 4.98 Å². The number of carbonyl (C=O) groups is 1. The number of nitrogens with two attached hydrogens (primary N) is 1. The number of carbonyl (C=O) groups excluding carboxylic acids is 1. The molecule has 1 aliphatic rings. The van der Waals surface area contributed by atoms with Gasteiger partial charge in [-0.2, -0.15) is 12.6 Å². The SMILES string of the molecule is CN(CCC(c1ccccc1)c1ccccc1)C1CCCCC1.CS.Nc1ccc(-c2nc(NC=O)sc2Cl)cc1. The number of benzene rings is 3. The van der Waals surface area contributed by atoms with Gasteiger partial charge in [-0.05, 0) is 62.4 Å². The van der Waals surface area contributed by atoms with E-state index >= 15 is 0 Å². The van der Waals surface area contributed by atoms with E-state index in [4.69, 9.17) is 17.3 Å². The standard InChI is InChI=1S/C22H29N.C10H8ClN3OS.CH4S/c1-23(21-15-9-4-10-16-21)18-17-22(19-11-5-2-6-12-19)20-13-7-3-8-14-20;11-9-8(14-10(16-9)13-5-15)6-1-3-7(12)4-2-6;1-2/h2-3,5-8,11-14,21-22H,4,9-10,15-18H2,1H3;1-5H,12H2,(H,13,14,15);2H,1H3. The third kappa shape index (κ3) is 10.2. The quantitative estimate of drug-likeness (QED) is 0.101. The van der Waals surface area contributed by atoms with Crippen LogP contribution >= 0.6 is 35.6 Å². The van der Waals surface area contributed by atoms with Gasteiger partial charge in [-0.15, -0.1) is 0 Å². The molecule has 1 amide bonds. The average molecular weight is 609 g/mol. The van der Waals surface area contributed by atoms with Crippen molar-refractivity contribution in [3.63, 3.8) is 0 Å². The third-order valence-corrected chi connectivity index (χ3v) is 8.51. The maximum absolute atomic E-state index is 10.3. The van der Waals surface area contributed by atoms with Crippen LogP contribution in [0.1, 0.15) is 55.6 Å². The van der Waals surface area contributed by atoms with E-state index in [-0.39, 0.29) is 0 Å². The maximum atomic E-state index is 10.3. The zero-order valence-electron chi connectivity index (χ0n) is 23.9. The van der Waals surface area contributed by atoms with Gasteiger partial charge in [0.1, 0.15) is 10.0 Å². The van der Waals surface area contributed by atoms with Gasteiger partial charge in [0.15, 0.2) is 5.13 Å². The number of nitrogens with zero attached hydrogens (tertiary/aromatic N) is 2. The summed E-state index contributed by atoms with van der Waals surface area (Å²) in [5.41, 5.74) is 10.7. The number of hydrogen-bond acceptors (Lipinski definition) is 6. The molecule has 0 saturated heterocycles. The van der Waals surface area contributed by atoms with Crippen LogP contribution in [-0.4, -0.2) is 42.2 Å². The Balaban J connectivity index is 0.000000225. The van der Waals surface area contributed by atoms with E-state index in [9.17, 15) is 4.79 Å². The van der Waals surface area contributed by atoms with E-state index < -0.39 is 0 Å². The Bertz CT molecular complexity index is 1240. The second-order valence-electron chi connectivity index (χ2n) is 9.96. The first-order valence-electron chi connectivity index (χ1n) is 14.0. The fraction of sp³-hybridized carbons (Fsp3) is 0.333. The fourth-order valence-electron chi connectivity index (χ4n) is 5.17. The Labute approximate surface area is 259 Å². The summed E-state index contributed by atoms with van der Waals surface area (Å²) in [6, 6.07) is 30.0. The van der Waals surface area contributed by atoms with Crippen LogP contribution in [0.15, 0.2) is 84.9 Å². The summed E-state index contributed by atoms with van der Waals surface area (Å²) in [4.78, 5) is 17.1. The Kier molecular flexibility index (Phi) is 14.2. The summed E-state index contributed by atoms with van der Waals surface area (Å²) in [7, 11) is 2.32. The molecular formula is C33H41ClN4OS2. The summed E-state index contributed by atoms with van der Waals surface area (Å²) < 4.78 is 0.536. The van der Waals surface area contributed by atoms with Gasteiger partial charge in [0.25, 0.3) is 0 Å². The van der Waals surface area contributed by atoms with Crippen molar-refractivity contribution in [2.75, 3.05) is 30.9 Å². The van der Waals surface area contributed by atoms with Crippen LogP contribution in [0.3, 0.4) is 0 Å². The van der Waals surface area contributed by atoms with Crippen molar-refractivity contribution in [2.45, 2.75) is 50.5 Å². The Morgan fingerprint density at radius 3 is 2.07 bits per heavy atom. The predicted octanol–water partition coefficient (Wildman–Crippen LogP) is 8.63. The number of thiol groups is 1. The van der Waals surface area contributed by atoms with E-state index in [0.717, 1.165) is 11.6 Å². The largest absolute Gasteiger partial charge is 0.399 e. The minimum absolute atomic E-state index is 0.479. The first-order valence-corrected chi connectivity index (χ1v) is 16.1. The van der Waals surface area contributed by atoms with Crippen molar-refractivity contribution in [3.05, 3.63) is 100 Å². The van der Waals surface area contributed by atoms with Crippen molar-refractivity contribution in [2.24, 2.45) is 0 Å². The number of hydrogen-bond donors (Lipinski definition) is 3. The molecule has 1 fully saturated rings. The molecule has 1 aliphatic carbocycles. The summed E-state index contributed by atoms with van der Waals surface area (Å²) in [6.45, 7) is 1.18. The molecule has 0 bridgehead atoms. The van der Waals surface area contributed by atoms with E-state index in [1.807, 2.05) is 12.1 Å². The number of anilines is 2. The molecule has 3 aromatic carbocycles. The van der Waals surface area contributed by atoms with Crippen LogP contribution in [0.5, 0.6) is 0 Å². The van der Waals surface area contributed by atoms with Crippen LogP contribution in [-0.2, 0) is 4.79 Å². The lowest BCUT2D eigenvalue weighted by molar-refractivity contribution is -0.105. The van der Waals surface area contributed by atoms with Gasteiger partial charge in [-0.3, -0.25) is 4.79 Å². The van der Waals surface area contributed by atoms with Crippen molar-refractivity contribution in [1.29, 1.82) is 0 Å². The van der Waals surface area contributed by atoms with Crippen LogP contribution < -0.4 is 11.1 Å². The summed E-state index contributed by atoms with van der Waals surface area (Å²) >= 11 is 10.8.